The van der Waals surface area contributed by atoms with Crippen molar-refractivity contribution in [2.45, 2.75) is 49.9 Å². The molecule has 0 aliphatic carbocycles. The Kier molecular flexibility index (Phi) is 4.12. The van der Waals surface area contributed by atoms with Crippen LogP contribution < -0.4 is 5.73 Å². The summed E-state index contributed by atoms with van der Waals surface area (Å²) in [6.07, 6.45) is 4.00. The van der Waals surface area contributed by atoms with Crippen LogP contribution >= 0.6 is 23.1 Å². The maximum absolute atomic E-state index is 6.08. The largest absolute Gasteiger partial charge is 0.327 e. The van der Waals surface area contributed by atoms with Crippen LogP contribution in [0.2, 0.25) is 0 Å². The van der Waals surface area contributed by atoms with Crippen LogP contribution in [0.1, 0.15) is 32.9 Å². The number of imidazole rings is 1. The number of nitrogens with zero attached hydrogens (tertiary/aromatic N) is 2. The Morgan fingerprint density at radius 1 is 1.53 bits per heavy atom. The number of hydrogen-bond acceptors (Lipinski definition) is 4. The zero-order valence-electron chi connectivity index (χ0n) is 10.5. The highest BCUT2D eigenvalue weighted by Crippen LogP contribution is 2.29. The molecule has 5 heteroatoms. The third kappa shape index (κ3) is 2.84. The molecule has 1 atom stereocenters. The van der Waals surface area contributed by atoms with E-state index in [1.54, 1.807) is 11.3 Å². The zero-order chi connectivity index (χ0) is 12.4. The van der Waals surface area contributed by atoms with Crippen LogP contribution in [0.3, 0.4) is 0 Å². The molecule has 0 fully saturated rings. The fourth-order valence-corrected chi connectivity index (χ4v) is 3.40. The summed E-state index contributed by atoms with van der Waals surface area (Å²) in [5.74, 6) is 0. The predicted octanol–water partition coefficient (Wildman–Crippen LogP) is 3.18. The molecular weight excluding hydrogens is 250 g/mol. The quantitative estimate of drug-likeness (QED) is 0.848. The van der Waals surface area contributed by atoms with E-state index in [4.69, 9.17) is 5.73 Å². The minimum atomic E-state index is 0.223. The van der Waals surface area contributed by atoms with Crippen molar-refractivity contribution in [3.8, 4) is 0 Å². The minimum Gasteiger partial charge on any atom is -0.327 e. The van der Waals surface area contributed by atoms with Gasteiger partial charge in [-0.05, 0) is 6.42 Å². The lowest BCUT2D eigenvalue weighted by molar-refractivity contribution is 0.627. The highest BCUT2D eigenvalue weighted by atomic mass is 32.2. The van der Waals surface area contributed by atoms with Crippen molar-refractivity contribution in [2.75, 3.05) is 0 Å². The van der Waals surface area contributed by atoms with E-state index in [0.717, 1.165) is 22.8 Å². The summed E-state index contributed by atoms with van der Waals surface area (Å²) in [4.78, 5) is 5.76. The molecule has 17 heavy (non-hydrogen) atoms. The maximum atomic E-state index is 6.08. The van der Waals surface area contributed by atoms with E-state index in [2.05, 4.69) is 41.7 Å². The van der Waals surface area contributed by atoms with E-state index < -0.39 is 0 Å². The van der Waals surface area contributed by atoms with E-state index in [0.29, 0.717) is 5.25 Å². The van der Waals surface area contributed by atoms with Crippen molar-refractivity contribution in [3.63, 3.8) is 0 Å². The molecule has 0 aliphatic rings. The molecule has 0 spiro atoms. The van der Waals surface area contributed by atoms with Crippen LogP contribution in [0.5, 0.6) is 0 Å². The van der Waals surface area contributed by atoms with E-state index in [1.807, 2.05) is 11.8 Å². The van der Waals surface area contributed by atoms with Crippen molar-refractivity contribution < 1.29 is 0 Å². The number of hydrogen-bond donors (Lipinski definition) is 1. The molecule has 94 valence electrons. The molecule has 2 rings (SSSR count). The molecule has 2 aromatic heterocycles. The Hall–Kier alpha value is -0.520. The van der Waals surface area contributed by atoms with Crippen LogP contribution in [0.15, 0.2) is 16.6 Å². The Bertz CT molecular complexity index is 487. The van der Waals surface area contributed by atoms with E-state index in [9.17, 15) is 0 Å². The van der Waals surface area contributed by atoms with E-state index in [1.165, 1.54) is 5.69 Å². The number of thioether (sulfide) groups is 1. The molecule has 0 radical (unpaired) electrons. The number of thiazole rings is 1. The van der Waals surface area contributed by atoms with Gasteiger partial charge in [-0.15, -0.1) is 23.1 Å². The Morgan fingerprint density at radius 2 is 2.29 bits per heavy atom. The normalized spacial score (nSPS) is 13.7. The molecule has 0 bridgehead atoms. The molecule has 2 heterocycles. The molecule has 0 aromatic carbocycles. The molecule has 0 saturated heterocycles. The van der Waals surface area contributed by atoms with Crippen LogP contribution in [0, 0.1) is 0 Å². The fourth-order valence-electron chi connectivity index (χ4n) is 1.71. The summed E-state index contributed by atoms with van der Waals surface area (Å²) in [6, 6.07) is 0.223. The minimum absolute atomic E-state index is 0.223. The lowest BCUT2D eigenvalue weighted by atomic mass is 10.1. The first kappa shape index (κ1) is 12.9. The first-order chi connectivity index (χ1) is 8.11. The van der Waals surface area contributed by atoms with Crippen LogP contribution in [0.25, 0.3) is 4.96 Å². The molecule has 0 aliphatic heterocycles. The second-order valence-electron chi connectivity index (χ2n) is 4.46. The molecule has 0 saturated carbocycles. The van der Waals surface area contributed by atoms with Gasteiger partial charge in [0.1, 0.15) is 5.03 Å². The lowest BCUT2D eigenvalue weighted by Gasteiger charge is -2.10. The highest BCUT2D eigenvalue weighted by molar-refractivity contribution is 7.99. The predicted molar refractivity (Wildman–Crippen MR) is 76.0 cm³/mol. The van der Waals surface area contributed by atoms with Crippen LogP contribution in [-0.2, 0) is 6.42 Å². The Labute approximate surface area is 110 Å². The average Bonchev–Trinajstić information content (AvgIpc) is 2.81. The van der Waals surface area contributed by atoms with Crippen molar-refractivity contribution in [1.29, 1.82) is 0 Å². The van der Waals surface area contributed by atoms with Crippen LogP contribution in [-0.4, -0.2) is 20.7 Å². The fraction of sp³-hybridized carbons (Fsp3) is 0.583. The topological polar surface area (TPSA) is 43.3 Å². The summed E-state index contributed by atoms with van der Waals surface area (Å²) in [6.45, 7) is 6.52. The highest BCUT2D eigenvalue weighted by Gasteiger charge is 2.16. The second-order valence-corrected chi connectivity index (χ2v) is 6.90. The summed E-state index contributed by atoms with van der Waals surface area (Å²) in [5, 5.41) is 3.78. The van der Waals surface area contributed by atoms with Gasteiger partial charge in [0.2, 0.25) is 0 Å². The first-order valence-electron chi connectivity index (χ1n) is 5.98. The third-order valence-electron chi connectivity index (χ3n) is 2.65. The maximum Gasteiger partial charge on any atom is 0.194 e. The third-order valence-corrected chi connectivity index (χ3v) is 4.43. The monoisotopic (exact) mass is 269 g/mol. The van der Waals surface area contributed by atoms with Gasteiger partial charge in [-0.1, -0.05) is 20.8 Å². The van der Waals surface area contributed by atoms with Gasteiger partial charge in [-0.2, -0.15) is 0 Å². The summed E-state index contributed by atoms with van der Waals surface area (Å²) in [7, 11) is 0. The van der Waals surface area contributed by atoms with Crippen molar-refractivity contribution in [3.05, 3.63) is 17.3 Å². The molecule has 0 amide bonds. The van der Waals surface area contributed by atoms with Gasteiger partial charge < -0.3 is 5.73 Å². The molecule has 3 nitrogen and oxygen atoms in total. The van der Waals surface area contributed by atoms with E-state index >= 15 is 0 Å². The average molecular weight is 269 g/mol. The van der Waals surface area contributed by atoms with Gasteiger partial charge in [-0.25, -0.2) is 4.98 Å². The SMILES string of the molecule is CCC(N)Cc1c(SC(C)C)nc2sccn12. The summed E-state index contributed by atoms with van der Waals surface area (Å²) >= 11 is 3.51. The lowest BCUT2D eigenvalue weighted by Crippen LogP contribution is -2.22. The van der Waals surface area contributed by atoms with Gasteiger partial charge in [-0.3, -0.25) is 4.40 Å². The Morgan fingerprint density at radius 3 is 2.94 bits per heavy atom. The Balaban J connectivity index is 2.36. The van der Waals surface area contributed by atoms with Gasteiger partial charge in [0.25, 0.3) is 0 Å². The van der Waals surface area contributed by atoms with Gasteiger partial charge in [0.15, 0.2) is 4.96 Å². The molecular formula is C12H19N3S2. The van der Waals surface area contributed by atoms with Crippen molar-refractivity contribution in [1.82, 2.24) is 9.38 Å². The molecule has 2 N–H and O–H groups in total. The summed E-state index contributed by atoms with van der Waals surface area (Å²) in [5.41, 5.74) is 7.35. The van der Waals surface area contributed by atoms with Gasteiger partial charge in [0, 0.05) is 29.3 Å². The van der Waals surface area contributed by atoms with Gasteiger partial charge >= 0.3 is 0 Å². The second kappa shape index (κ2) is 5.42. The summed E-state index contributed by atoms with van der Waals surface area (Å²) < 4.78 is 2.19. The van der Waals surface area contributed by atoms with E-state index in [-0.39, 0.29) is 6.04 Å². The number of rotatable bonds is 5. The zero-order valence-corrected chi connectivity index (χ0v) is 12.1. The molecule has 2 aromatic rings. The molecule has 1 unspecified atom stereocenters. The standard InChI is InChI=1S/C12H19N3S2/c1-4-9(13)7-10-11(17-8(2)3)14-12-15(10)5-6-16-12/h5-6,8-9H,4,7,13H2,1-3H3. The van der Waals surface area contributed by atoms with Gasteiger partial charge in [0.05, 0.1) is 5.69 Å². The first-order valence-corrected chi connectivity index (χ1v) is 7.74. The smallest absolute Gasteiger partial charge is 0.194 e. The van der Waals surface area contributed by atoms with Crippen molar-refractivity contribution >= 4 is 28.1 Å². The number of aromatic nitrogens is 2. The van der Waals surface area contributed by atoms with Crippen LogP contribution in [0.4, 0.5) is 0 Å². The van der Waals surface area contributed by atoms with Crippen molar-refractivity contribution in [2.24, 2.45) is 5.73 Å². The number of fused-ring (bicyclic) bond motifs is 1. The number of nitrogens with two attached hydrogens (primary N) is 1.